The molecule has 0 fully saturated rings. The third kappa shape index (κ3) is 1.80. The first kappa shape index (κ1) is 9.98. The fourth-order valence-electron chi connectivity index (χ4n) is 1.30. The summed E-state index contributed by atoms with van der Waals surface area (Å²) in [6, 6.07) is 4.05. The Hall–Kier alpha value is -1.55. The molecule has 0 amide bonds. The molecule has 0 unspecified atom stereocenters. The molecule has 78 valence electrons. The predicted molar refractivity (Wildman–Crippen MR) is 55.3 cm³/mol. The molecule has 5 heteroatoms. The van der Waals surface area contributed by atoms with Gasteiger partial charge in [0.1, 0.15) is 11.6 Å². The molecule has 1 heterocycles. The van der Waals surface area contributed by atoms with Crippen molar-refractivity contribution in [3.05, 3.63) is 35.2 Å². The molecule has 2 aromatic rings. The van der Waals surface area contributed by atoms with Crippen LogP contribution in [0.5, 0.6) is 5.75 Å². The van der Waals surface area contributed by atoms with Crippen LogP contribution in [0.2, 0.25) is 5.02 Å². The summed E-state index contributed by atoms with van der Waals surface area (Å²) < 4.78 is 14.6. The van der Waals surface area contributed by atoms with Crippen LogP contribution in [0.4, 0.5) is 4.39 Å². The zero-order valence-electron chi connectivity index (χ0n) is 7.91. The molecule has 0 aliphatic heterocycles. The molecule has 0 aliphatic rings. The summed E-state index contributed by atoms with van der Waals surface area (Å²) in [6.45, 7) is 0. The zero-order chi connectivity index (χ0) is 11.0. The van der Waals surface area contributed by atoms with Gasteiger partial charge in [0.2, 0.25) is 0 Å². The molecule has 0 saturated carbocycles. The molecule has 1 N–H and O–H groups in total. The first-order valence-corrected chi connectivity index (χ1v) is 4.64. The fourth-order valence-corrected chi connectivity index (χ4v) is 1.46. The van der Waals surface area contributed by atoms with Crippen LogP contribution in [0.15, 0.2) is 24.4 Å². The number of aryl methyl sites for hydroxylation is 1. The lowest BCUT2D eigenvalue weighted by Crippen LogP contribution is -1.89. The normalized spacial score (nSPS) is 10.6. The quantitative estimate of drug-likeness (QED) is 0.812. The van der Waals surface area contributed by atoms with Gasteiger partial charge in [-0.25, -0.2) is 4.39 Å². The molecule has 2 rings (SSSR count). The van der Waals surface area contributed by atoms with E-state index < -0.39 is 5.82 Å². The number of benzene rings is 1. The second-order valence-electron chi connectivity index (χ2n) is 3.16. The van der Waals surface area contributed by atoms with Crippen molar-refractivity contribution in [1.29, 1.82) is 0 Å². The Bertz CT molecular complexity index is 510. The van der Waals surface area contributed by atoms with Crippen LogP contribution < -0.4 is 0 Å². The van der Waals surface area contributed by atoms with Crippen molar-refractivity contribution in [2.75, 3.05) is 0 Å². The Morgan fingerprint density at radius 3 is 2.80 bits per heavy atom. The molecule has 0 radical (unpaired) electrons. The average Bonchev–Trinajstić information content (AvgIpc) is 2.58. The number of aromatic nitrogens is 2. The van der Waals surface area contributed by atoms with E-state index >= 15 is 0 Å². The summed E-state index contributed by atoms with van der Waals surface area (Å²) in [4.78, 5) is 0. The molecular formula is C10H8ClFN2O. The van der Waals surface area contributed by atoms with Gasteiger partial charge in [0.05, 0.1) is 10.7 Å². The van der Waals surface area contributed by atoms with Crippen LogP contribution in [0.1, 0.15) is 0 Å². The fraction of sp³-hybridized carbons (Fsp3) is 0.100. The van der Waals surface area contributed by atoms with E-state index in [0.717, 1.165) is 6.07 Å². The van der Waals surface area contributed by atoms with Crippen LogP contribution in [0, 0.1) is 5.82 Å². The first-order valence-electron chi connectivity index (χ1n) is 4.26. The van der Waals surface area contributed by atoms with E-state index in [1.54, 1.807) is 24.0 Å². The van der Waals surface area contributed by atoms with Gasteiger partial charge in [-0.1, -0.05) is 11.6 Å². The van der Waals surface area contributed by atoms with E-state index in [1.807, 2.05) is 0 Å². The highest BCUT2D eigenvalue weighted by atomic mass is 35.5. The van der Waals surface area contributed by atoms with Crippen LogP contribution in [-0.4, -0.2) is 14.9 Å². The van der Waals surface area contributed by atoms with Gasteiger partial charge < -0.3 is 5.11 Å². The van der Waals surface area contributed by atoms with Gasteiger partial charge in [-0.2, -0.15) is 5.10 Å². The topological polar surface area (TPSA) is 38.0 Å². The number of phenolic OH excluding ortho intramolecular Hbond substituents is 1. The summed E-state index contributed by atoms with van der Waals surface area (Å²) in [7, 11) is 1.76. The number of hydrogen-bond donors (Lipinski definition) is 1. The molecule has 1 aromatic carbocycles. The summed E-state index contributed by atoms with van der Waals surface area (Å²) >= 11 is 5.62. The molecular weight excluding hydrogens is 219 g/mol. The zero-order valence-corrected chi connectivity index (χ0v) is 8.66. The standard InChI is InChI=1S/C10H8ClFN2O/c1-14-3-2-9(13-14)6-4-7(11)8(12)5-10(6)15/h2-5,15H,1H3. The van der Waals surface area contributed by atoms with Crippen LogP contribution in [0.25, 0.3) is 11.3 Å². The van der Waals surface area contributed by atoms with Crippen molar-refractivity contribution in [1.82, 2.24) is 9.78 Å². The molecule has 15 heavy (non-hydrogen) atoms. The molecule has 1 aromatic heterocycles. The van der Waals surface area contributed by atoms with Gasteiger partial charge in [0.25, 0.3) is 0 Å². The lowest BCUT2D eigenvalue weighted by atomic mass is 10.1. The van der Waals surface area contributed by atoms with Crippen LogP contribution in [0.3, 0.4) is 0 Å². The number of aromatic hydroxyl groups is 1. The molecule has 0 bridgehead atoms. The third-order valence-corrected chi connectivity index (χ3v) is 2.32. The van der Waals surface area contributed by atoms with Gasteiger partial charge in [-0.15, -0.1) is 0 Å². The minimum absolute atomic E-state index is 0.0338. The van der Waals surface area contributed by atoms with E-state index in [-0.39, 0.29) is 10.8 Å². The molecule has 0 saturated heterocycles. The van der Waals surface area contributed by atoms with E-state index in [9.17, 15) is 9.50 Å². The summed E-state index contributed by atoms with van der Waals surface area (Å²) in [5, 5.41) is 13.6. The maximum atomic E-state index is 13.0. The highest BCUT2D eigenvalue weighted by molar-refractivity contribution is 6.31. The van der Waals surface area contributed by atoms with Gasteiger partial charge in [-0.3, -0.25) is 4.68 Å². The SMILES string of the molecule is Cn1ccc(-c2cc(Cl)c(F)cc2O)n1. The maximum absolute atomic E-state index is 13.0. The van der Waals surface area contributed by atoms with Crippen molar-refractivity contribution in [3.63, 3.8) is 0 Å². The highest BCUT2D eigenvalue weighted by Crippen LogP contribution is 2.32. The number of phenols is 1. The largest absolute Gasteiger partial charge is 0.507 e. The number of rotatable bonds is 1. The number of nitrogens with zero attached hydrogens (tertiary/aromatic N) is 2. The monoisotopic (exact) mass is 226 g/mol. The van der Waals surface area contributed by atoms with Crippen molar-refractivity contribution >= 4 is 11.6 Å². The Labute approximate surface area is 90.7 Å². The van der Waals surface area contributed by atoms with E-state index in [1.165, 1.54) is 6.07 Å². The number of halogens is 2. The Balaban J connectivity index is 2.58. The van der Waals surface area contributed by atoms with Crippen molar-refractivity contribution in [3.8, 4) is 17.0 Å². The highest BCUT2D eigenvalue weighted by Gasteiger charge is 2.11. The minimum atomic E-state index is -0.645. The molecule has 0 aliphatic carbocycles. The first-order chi connectivity index (χ1) is 7.08. The Kier molecular flexibility index (Phi) is 2.36. The average molecular weight is 227 g/mol. The van der Waals surface area contributed by atoms with Gasteiger partial charge in [-0.05, 0) is 12.1 Å². The summed E-state index contributed by atoms with van der Waals surface area (Å²) in [5.41, 5.74) is 0.971. The summed E-state index contributed by atoms with van der Waals surface area (Å²) in [6.07, 6.45) is 1.73. The van der Waals surface area contributed by atoms with E-state index in [4.69, 9.17) is 11.6 Å². The van der Waals surface area contributed by atoms with Crippen molar-refractivity contribution in [2.24, 2.45) is 7.05 Å². The molecule has 0 atom stereocenters. The Morgan fingerprint density at radius 1 is 1.47 bits per heavy atom. The smallest absolute Gasteiger partial charge is 0.145 e. The van der Waals surface area contributed by atoms with Gasteiger partial charge >= 0.3 is 0 Å². The van der Waals surface area contributed by atoms with E-state index in [2.05, 4.69) is 5.10 Å². The number of hydrogen-bond acceptors (Lipinski definition) is 2. The van der Waals surface area contributed by atoms with Gasteiger partial charge in [0.15, 0.2) is 0 Å². The lowest BCUT2D eigenvalue weighted by Gasteiger charge is -2.02. The third-order valence-electron chi connectivity index (χ3n) is 2.03. The molecule has 3 nitrogen and oxygen atoms in total. The molecule has 0 spiro atoms. The second-order valence-corrected chi connectivity index (χ2v) is 3.57. The Morgan fingerprint density at radius 2 is 2.20 bits per heavy atom. The summed E-state index contributed by atoms with van der Waals surface area (Å²) in [5.74, 6) is -0.815. The van der Waals surface area contributed by atoms with Crippen LogP contribution >= 0.6 is 11.6 Å². The maximum Gasteiger partial charge on any atom is 0.145 e. The van der Waals surface area contributed by atoms with Crippen molar-refractivity contribution in [2.45, 2.75) is 0 Å². The minimum Gasteiger partial charge on any atom is -0.507 e. The van der Waals surface area contributed by atoms with E-state index in [0.29, 0.717) is 11.3 Å². The van der Waals surface area contributed by atoms with Gasteiger partial charge in [0, 0.05) is 24.9 Å². The second kappa shape index (κ2) is 3.55. The lowest BCUT2D eigenvalue weighted by molar-refractivity contribution is 0.471. The van der Waals surface area contributed by atoms with Crippen molar-refractivity contribution < 1.29 is 9.50 Å². The predicted octanol–water partition coefficient (Wildman–Crippen LogP) is 2.59. The van der Waals surface area contributed by atoms with Crippen LogP contribution in [-0.2, 0) is 7.05 Å².